The maximum Gasteiger partial charge on any atom is 0.265 e. The smallest absolute Gasteiger partial charge is 0.265 e. The van der Waals surface area contributed by atoms with E-state index in [0.717, 1.165) is 18.2 Å². The summed E-state index contributed by atoms with van der Waals surface area (Å²) in [7, 11) is -4.62. The number of fused-ring (bicyclic) bond motifs is 2. The molecule has 3 aromatic rings. The number of nitrogens with one attached hydrogen (secondary N) is 1. The molecule has 1 amide bonds. The highest BCUT2D eigenvalue weighted by atomic mass is 35.5. The number of hydrogen-bond donors (Lipinski definition) is 2. The van der Waals surface area contributed by atoms with E-state index in [4.69, 9.17) is 16.3 Å². The van der Waals surface area contributed by atoms with Crippen molar-refractivity contribution in [2.24, 2.45) is 0 Å². The Morgan fingerprint density at radius 2 is 1.79 bits per heavy atom. The van der Waals surface area contributed by atoms with Gasteiger partial charge in [0.1, 0.15) is 16.5 Å². The van der Waals surface area contributed by atoms with Gasteiger partial charge in [-0.3, -0.25) is 9.52 Å². The highest BCUT2D eigenvalue weighted by molar-refractivity contribution is 7.92. The van der Waals surface area contributed by atoms with Crippen molar-refractivity contribution >= 4 is 33.2 Å². The summed E-state index contributed by atoms with van der Waals surface area (Å²) in [4.78, 5) is 13.6. The molecule has 6 bridgehead atoms. The first-order valence-electron chi connectivity index (χ1n) is 10.2. The lowest BCUT2D eigenvalue weighted by Gasteiger charge is -2.39. The molecule has 7 nitrogen and oxygen atoms in total. The van der Waals surface area contributed by atoms with Crippen LogP contribution in [0.5, 0.6) is 5.75 Å². The van der Waals surface area contributed by atoms with Crippen LogP contribution >= 0.6 is 11.6 Å². The first kappa shape index (κ1) is 22.6. The molecule has 1 saturated heterocycles. The topological polar surface area (TPSA) is 95.9 Å². The summed E-state index contributed by atoms with van der Waals surface area (Å²) in [5, 5.41) is 9.95. The summed E-state index contributed by atoms with van der Waals surface area (Å²) in [5.74, 6) is -3.35. The minimum atomic E-state index is -4.62. The molecule has 3 aliphatic heterocycles. The van der Waals surface area contributed by atoms with Gasteiger partial charge in [-0.25, -0.2) is 17.2 Å². The molecule has 0 spiro atoms. The van der Waals surface area contributed by atoms with E-state index in [9.17, 15) is 27.1 Å². The molecule has 0 radical (unpaired) electrons. The van der Waals surface area contributed by atoms with Crippen molar-refractivity contribution in [2.75, 3.05) is 17.8 Å². The predicted octanol–water partition coefficient (Wildman–Crippen LogP) is 4.15. The zero-order chi connectivity index (χ0) is 24.2. The van der Waals surface area contributed by atoms with Gasteiger partial charge in [0, 0.05) is 30.3 Å². The summed E-state index contributed by atoms with van der Waals surface area (Å²) in [5.41, 5.74) is 0.352. The maximum absolute atomic E-state index is 14.8. The summed E-state index contributed by atoms with van der Waals surface area (Å²) < 4.78 is 63.5. The molecule has 176 valence electrons. The molecule has 0 atom stereocenters. The second kappa shape index (κ2) is 8.23. The summed E-state index contributed by atoms with van der Waals surface area (Å²) >= 11 is 6.00. The van der Waals surface area contributed by atoms with E-state index >= 15 is 0 Å². The van der Waals surface area contributed by atoms with Crippen LogP contribution in [0.3, 0.4) is 0 Å². The lowest BCUT2D eigenvalue weighted by atomic mass is 9.99. The molecule has 11 heteroatoms. The van der Waals surface area contributed by atoms with Crippen LogP contribution in [0.2, 0.25) is 5.02 Å². The number of rotatable bonds is 0. The van der Waals surface area contributed by atoms with Crippen LogP contribution in [0.1, 0.15) is 15.9 Å². The van der Waals surface area contributed by atoms with Gasteiger partial charge in [-0.1, -0.05) is 35.9 Å². The Morgan fingerprint density at radius 1 is 1.06 bits per heavy atom. The molecule has 0 saturated carbocycles. The van der Waals surface area contributed by atoms with Crippen molar-refractivity contribution in [2.45, 2.75) is 17.6 Å². The SMILES string of the molecule is O=C1c2cc(Cl)c(O)c(c2)S(=O)(=O)Nc2cc(c(F)cc2F)-c2ccccc2COC2CN1C2. The van der Waals surface area contributed by atoms with E-state index in [1.165, 1.54) is 4.90 Å². The number of phenols is 1. The van der Waals surface area contributed by atoms with Gasteiger partial charge < -0.3 is 14.7 Å². The van der Waals surface area contributed by atoms with Crippen LogP contribution in [0.15, 0.2) is 53.4 Å². The second-order valence-electron chi connectivity index (χ2n) is 8.02. The van der Waals surface area contributed by atoms with Gasteiger partial charge in [-0.15, -0.1) is 0 Å². The fourth-order valence-corrected chi connectivity index (χ4v) is 5.42. The van der Waals surface area contributed by atoms with E-state index < -0.39 is 43.9 Å². The van der Waals surface area contributed by atoms with Gasteiger partial charge in [0.25, 0.3) is 15.9 Å². The number of sulfonamides is 1. The molecule has 34 heavy (non-hydrogen) atoms. The zero-order valence-corrected chi connectivity index (χ0v) is 19.0. The Kier molecular flexibility index (Phi) is 5.46. The number of benzene rings is 3. The van der Waals surface area contributed by atoms with E-state index in [2.05, 4.69) is 0 Å². The van der Waals surface area contributed by atoms with Crippen molar-refractivity contribution in [1.29, 1.82) is 0 Å². The summed E-state index contributed by atoms with van der Waals surface area (Å²) in [6.07, 6.45) is -0.281. The summed E-state index contributed by atoms with van der Waals surface area (Å²) in [6.45, 7) is 0.625. The fraction of sp³-hybridized carbons (Fsp3) is 0.174. The standard InChI is InChI=1S/C23H17ClF2N2O5S/c24-17-5-13-6-21(22(17)29)34(31,32)27-20-7-16(18(25)8-19(20)26)15-4-2-1-3-12(15)11-33-14-9-28(10-14)23(13)30/h1-8,14,27,29H,9-11H2. The summed E-state index contributed by atoms with van der Waals surface area (Å²) in [6, 6.07) is 10.5. The molecule has 3 heterocycles. The third kappa shape index (κ3) is 3.87. The number of carbonyl (C=O) groups excluding carboxylic acids is 1. The molecule has 3 aromatic carbocycles. The Balaban J connectivity index is 1.70. The average molecular weight is 507 g/mol. The highest BCUT2D eigenvalue weighted by Crippen LogP contribution is 2.37. The van der Waals surface area contributed by atoms with Gasteiger partial charge in [0.05, 0.1) is 23.4 Å². The molecule has 6 rings (SSSR count). The van der Waals surface area contributed by atoms with Crippen molar-refractivity contribution in [1.82, 2.24) is 4.90 Å². The number of aromatic hydroxyl groups is 1. The first-order chi connectivity index (χ1) is 16.1. The van der Waals surface area contributed by atoms with Crippen molar-refractivity contribution in [3.63, 3.8) is 0 Å². The molecule has 0 unspecified atom stereocenters. The molecule has 0 aromatic heterocycles. The van der Waals surface area contributed by atoms with Crippen molar-refractivity contribution < 1.29 is 31.8 Å². The normalized spacial score (nSPS) is 17.5. The number of hydrogen-bond acceptors (Lipinski definition) is 5. The first-order valence-corrected chi connectivity index (χ1v) is 12.0. The number of nitrogens with zero attached hydrogens (tertiary/aromatic N) is 1. The zero-order valence-electron chi connectivity index (χ0n) is 17.4. The van der Waals surface area contributed by atoms with Crippen LogP contribution in [-0.2, 0) is 21.4 Å². The Bertz CT molecular complexity index is 1440. The third-order valence-corrected chi connectivity index (χ3v) is 7.45. The Hall–Kier alpha value is -3.21. The van der Waals surface area contributed by atoms with Gasteiger partial charge in [0.2, 0.25) is 0 Å². The monoisotopic (exact) mass is 506 g/mol. The molecule has 1 fully saturated rings. The average Bonchev–Trinajstić information content (AvgIpc) is 2.75. The molecule has 3 aliphatic rings. The Labute approximate surface area is 198 Å². The third-order valence-electron chi connectivity index (χ3n) is 5.78. The Morgan fingerprint density at radius 3 is 2.56 bits per heavy atom. The van der Waals surface area contributed by atoms with E-state index in [-0.39, 0.29) is 41.9 Å². The number of amides is 1. The minimum absolute atomic E-state index is 0.0354. The van der Waals surface area contributed by atoms with Gasteiger partial charge in [-0.2, -0.15) is 0 Å². The molecular weight excluding hydrogens is 490 g/mol. The van der Waals surface area contributed by atoms with Gasteiger partial charge in [0.15, 0.2) is 5.75 Å². The molecule has 2 N–H and O–H groups in total. The number of anilines is 1. The van der Waals surface area contributed by atoms with Crippen LogP contribution in [0.25, 0.3) is 11.1 Å². The van der Waals surface area contributed by atoms with Crippen LogP contribution in [0, 0.1) is 11.6 Å². The number of phenolic OH excluding ortho intramolecular Hbond substituents is 1. The lowest BCUT2D eigenvalue weighted by molar-refractivity contribution is -0.0502. The van der Waals surface area contributed by atoms with Crippen LogP contribution in [-0.4, -0.2) is 43.5 Å². The molecule has 0 aliphatic carbocycles. The fourth-order valence-electron chi connectivity index (χ4n) is 3.94. The number of carbonyl (C=O) groups is 1. The number of halogens is 3. The van der Waals surface area contributed by atoms with Crippen LogP contribution in [0.4, 0.5) is 14.5 Å². The van der Waals surface area contributed by atoms with Crippen LogP contribution < -0.4 is 4.72 Å². The van der Waals surface area contributed by atoms with Crippen molar-refractivity contribution in [3.05, 3.63) is 76.3 Å². The minimum Gasteiger partial charge on any atom is -0.505 e. The second-order valence-corrected chi connectivity index (χ2v) is 10.1. The van der Waals surface area contributed by atoms with Crippen molar-refractivity contribution in [3.8, 4) is 16.9 Å². The van der Waals surface area contributed by atoms with Gasteiger partial charge >= 0.3 is 0 Å². The number of ether oxygens (including phenoxy) is 1. The predicted molar refractivity (Wildman–Crippen MR) is 120 cm³/mol. The highest BCUT2D eigenvalue weighted by Gasteiger charge is 2.34. The van der Waals surface area contributed by atoms with Gasteiger partial charge in [-0.05, 0) is 29.3 Å². The van der Waals surface area contributed by atoms with E-state index in [1.807, 2.05) is 4.72 Å². The largest absolute Gasteiger partial charge is 0.505 e. The lowest BCUT2D eigenvalue weighted by Crippen LogP contribution is -2.54. The molecular formula is C23H17ClF2N2O5S. The maximum atomic E-state index is 14.8. The quantitative estimate of drug-likeness (QED) is 0.477. The van der Waals surface area contributed by atoms with E-state index in [1.54, 1.807) is 24.3 Å². The van der Waals surface area contributed by atoms with E-state index in [0.29, 0.717) is 17.2 Å².